The smallest absolute Gasteiger partial charge is 0.223 e. The van der Waals surface area contributed by atoms with Crippen LogP contribution in [0.5, 0.6) is 0 Å². The summed E-state index contributed by atoms with van der Waals surface area (Å²) in [5.74, 6) is 3.35. The Morgan fingerprint density at radius 1 is 0.472 bits per heavy atom. The Hall–Kier alpha value is -13.8. The lowest BCUT2D eigenvalue weighted by molar-refractivity contribution is 0.592. The summed E-state index contributed by atoms with van der Waals surface area (Å²) in [7, 11) is 4.30. The van der Waals surface area contributed by atoms with Crippen molar-refractivity contribution in [3.05, 3.63) is 380 Å². The van der Waals surface area contributed by atoms with Gasteiger partial charge >= 0.3 is 0 Å². The number of para-hydroxylation sites is 4. The number of benzene rings is 12. The summed E-state index contributed by atoms with van der Waals surface area (Å²) in [6.07, 6.45) is 10.9. The number of hydrogen-bond acceptors (Lipinski definition) is 9. The molecule has 0 saturated carbocycles. The summed E-state index contributed by atoms with van der Waals surface area (Å²) in [6.45, 7) is 6.43. The maximum Gasteiger partial charge on any atom is 0.223 e. The largest absolute Gasteiger partial charge is 0.345 e. The van der Waals surface area contributed by atoms with Crippen LogP contribution in [0.2, 0.25) is 5.82 Å². The van der Waals surface area contributed by atoms with E-state index in [1.807, 2.05) is 152 Å². The second-order valence-electron chi connectivity index (χ2n) is 26.9. The van der Waals surface area contributed by atoms with Gasteiger partial charge in [-0.05, 0) is 115 Å². The van der Waals surface area contributed by atoms with Crippen LogP contribution in [0.1, 0.15) is 37.8 Å². The molecular formula is C95H77BN12. The van der Waals surface area contributed by atoms with Crippen LogP contribution in [0.4, 0.5) is 22.7 Å². The number of likely N-dealkylation sites (N-methyl/N-ethyl adjacent to an activating group) is 1. The number of nitrogens with one attached hydrogen (secondary N) is 1. The second kappa shape index (κ2) is 30.9. The highest BCUT2D eigenvalue weighted by Gasteiger charge is 2.38. The van der Waals surface area contributed by atoms with E-state index in [2.05, 4.69) is 261 Å². The molecule has 3 aromatic heterocycles. The number of aliphatic imine (C=N–C) groups is 1. The predicted molar refractivity (Wildman–Crippen MR) is 448 cm³/mol. The van der Waals surface area contributed by atoms with Crippen LogP contribution in [0.15, 0.2) is 374 Å². The van der Waals surface area contributed by atoms with E-state index in [1.54, 1.807) is 0 Å². The molecule has 0 spiro atoms. The molecule has 16 rings (SSSR count). The quantitative estimate of drug-likeness (QED) is 0.0410. The summed E-state index contributed by atoms with van der Waals surface area (Å²) in [5.41, 5.74) is 17.8. The molecule has 2 unspecified atom stereocenters. The van der Waals surface area contributed by atoms with Crippen LogP contribution < -0.4 is 20.7 Å². The third-order valence-corrected chi connectivity index (χ3v) is 20.3. The van der Waals surface area contributed by atoms with Crippen molar-refractivity contribution in [2.45, 2.75) is 32.5 Å². The van der Waals surface area contributed by atoms with Crippen molar-refractivity contribution in [2.75, 3.05) is 23.9 Å². The van der Waals surface area contributed by atoms with Gasteiger partial charge in [0.2, 0.25) is 6.71 Å². The predicted octanol–water partition coefficient (Wildman–Crippen LogP) is 21.1. The molecule has 1 aliphatic heterocycles. The molecule has 15 aromatic rings. The number of hydrogen-bond donors (Lipinski definition) is 1. The van der Waals surface area contributed by atoms with E-state index in [-0.39, 0.29) is 24.3 Å². The van der Waals surface area contributed by atoms with Crippen molar-refractivity contribution >= 4 is 79.6 Å². The SMILES string of the molecule is C\C=C/C(=C(/C(=N/C(=N)c1ccccc1)N(C)/C1=C/C=C/N(c2ccccc2)c2ccccc2B(c2ccccc2N(C)c2ccccc2)C1C)C(C)c1ccccc1)n1c2ccc(-c3nc(-c4ccccc4)nc(-c4ccccc4)n3)cc2c2cc(-c3nc(-c4ccccc4)nc(-c4ccccc4)n3)ccc21. The minimum Gasteiger partial charge on any atom is -0.345 e. The van der Waals surface area contributed by atoms with Gasteiger partial charge in [-0.25, -0.2) is 34.9 Å². The summed E-state index contributed by atoms with van der Waals surface area (Å²) in [5, 5.41) is 12.2. The van der Waals surface area contributed by atoms with E-state index in [1.165, 1.54) is 0 Å². The molecule has 0 aliphatic carbocycles. The van der Waals surface area contributed by atoms with E-state index < -0.39 is 0 Å². The van der Waals surface area contributed by atoms with Gasteiger partial charge in [0.15, 0.2) is 40.8 Å². The molecule has 520 valence electrons. The standard InChI is InChI=1S/C95H77BN12/c1-6-36-86(108-82-60-58-73(93-101-89(69-41-19-9-20-42-69)99-90(102-93)70-43-21-10-22-44-70)63-77(82)78-64-74(59-61-83(78)108)94-103-91(71-45-23-11-24-46-71)100-92(104-94)72-47-25-12-26-48-72)87(65(2)67-37-15-7-16-38-67)95(98-88(97)68-39-17-8-18-40-68)106(5)81-57-35-62-107(76-51-29-14-30-52-76)85-56-34-32-54-80(85)96(66(81)3)79-53-31-33-55-84(79)105(4)75-49-27-13-28-50-75/h6-66,97H,1-5H3/b36-6-,62-35+,81-57+,87-86-,97-88?,98-95-. The third-order valence-electron chi connectivity index (χ3n) is 20.3. The molecule has 12 nitrogen and oxygen atoms in total. The van der Waals surface area contributed by atoms with Crippen LogP contribution in [0.25, 0.3) is 95.8 Å². The fourth-order valence-corrected chi connectivity index (χ4v) is 14.9. The van der Waals surface area contributed by atoms with Crippen LogP contribution in [-0.4, -0.2) is 71.9 Å². The first-order valence-corrected chi connectivity index (χ1v) is 36.5. The Kier molecular flexibility index (Phi) is 19.6. The second-order valence-corrected chi connectivity index (χ2v) is 26.9. The zero-order valence-electron chi connectivity index (χ0n) is 60.7. The molecule has 4 heterocycles. The Balaban J connectivity index is 0.976. The first kappa shape index (κ1) is 68.6. The minimum absolute atomic E-state index is 0.106. The maximum absolute atomic E-state index is 10.4. The van der Waals surface area contributed by atoms with Crippen LogP contribution in [0.3, 0.4) is 0 Å². The molecule has 0 fully saturated rings. The topological polar surface area (TPSA) is 128 Å². The lowest BCUT2D eigenvalue weighted by atomic mass is 9.32. The van der Waals surface area contributed by atoms with Gasteiger partial charge in [0.25, 0.3) is 0 Å². The van der Waals surface area contributed by atoms with Crippen molar-refractivity contribution in [3.8, 4) is 68.3 Å². The van der Waals surface area contributed by atoms with E-state index in [4.69, 9.17) is 34.9 Å². The Morgan fingerprint density at radius 3 is 1.38 bits per heavy atom. The highest BCUT2D eigenvalue weighted by Crippen LogP contribution is 2.43. The number of anilines is 4. The molecule has 0 amide bonds. The number of amidine groups is 2. The lowest BCUT2D eigenvalue weighted by Crippen LogP contribution is -2.50. The molecule has 1 aliphatic rings. The van der Waals surface area contributed by atoms with Gasteiger partial charge in [-0.3, -0.25) is 5.41 Å². The van der Waals surface area contributed by atoms with Gasteiger partial charge in [0.05, 0.1) is 16.7 Å². The van der Waals surface area contributed by atoms with Gasteiger partial charge in [0, 0.05) is 110 Å². The van der Waals surface area contributed by atoms with Crippen LogP contribution in [0, 0.1) is 5.41 Å². The molecule has 2 atom stereocenters. The summed E-state index contributed by atoms with van der Waals surface area (Å²) < 4.78 is 2.38. The van der Waals surface area contributed by atoms with Gasteiger partial charge in [-0.1, -0.05) is 280 Å². The molecule has 0 saturated heterocycles. The van der Waals surface area contributed by atoms with Crippen molar-refractivity contribution in [1.82, 2.24) is 39.4 Å². The van der Waals surface area contributed by atoms with Crippen LogP contribution >= 0.6 is 0 Å². The van der Waals surface area contributed by atoms with E-state index >= 15 is 0 Å². The molecule has 12 aromatic carbocycles. The molecule has 0 bridgehead atoms. The first-order valence-electron chi connectivity index (χ1n) is 36.5. The maximum atomic E-state index is 10.4. The number of rotatable bonds is 17. The van der Waals surface area contributed by atoms with Crippen molar-refractivity contribution in [3.63, 3.8) is 0 Å². The normalized spacial score (nSPS) is 14.4. The Bertz CT molecular complexity index is 5610. The third kappa shape index (κ3) is 13.9. The number of fused-ring (bicyclic) bond motifs is 4. The summed E-state index contributed by atoms with van der Waals surface area (Å²) >= 11 is 0. The van der Waals surface area contributed by atoms with E-state index in [9.17, 15) is 5.41 Å². The average Bonchev–Trinajstić information content (AvgIpc) is 1.57. The average molecular weight is 1400 g/mol. The van der Waals surface area contributed by atoms with E-state index in [0.717, 1.165) is 111 Å². The molecule has 13 heteroatoms. The number of aromatic nitrogens is 7. The minimum atomic E-state index is -0.364. The van der Waals surface area contributed by atoms with E-state index in [0.29, 0.717) is 46.3 Å². The fourth-order valence-electron chi connectivity index (χ4n) is 14.9. The van der Waals surface area contributed by atoms with Crippen molar-refractivity contribution < 1.29 is 0 Å². The highest BCUT2D eigenvalue weighted by molar-refractivity contribution is 6.89. The molecular weight excluding hydrogens is 1320 g/mol. The van der Waals surface area contributed by atoms with Gasteiger partial charge < -0.3 is 19.3 Å². The molecule has 0 radical (unpaired) electrons. The first-order chi connectivity index (χ1) is 53.1. The van der Waals surface area contributed by atoms with Crippen molar-refractivity contribution in [2.24, 2.45) is 4.99 Å². The van der Waals surface area contributed by atoms with Gasteiger partial charge in [0.1, 0.15) is 5.84 Å². The zero-order valence-corrected chi connectivity index (χ0v) is 60.7. The Morgan fingerprint density at radius 2 is 0.889 bits per heavy atom. The van der Waals surface area contributed by atoms with Gasteiger partial charge in [-0.2, -0.15) is 0 Å². The Labute approximate surface area is 630 Å². The zero-order chi connectivity index (χ0) is 73.5. The number of nitrogens with zero attached hydrogens (tertiary/aromatic N) is 11. The highest BCUT2D eigenvalue weighted by atomic mass is 15.2. The summed E-state index contributed by atoms with van der Waals surface area (Å²) in [6, 6.07) is 113. The molecule has 108 heavy (non-hydrogen) atoms. The molecule has 1 N–H and O–H groups in total. The monoisotopic (exact) mass is 1400 g/mol. The van der Waals surface area contributed by atoms with Crippen LogP contribution in [-0.2, 0) is 0 Å². The summed E-state index contributed by atoms with van der Waals surface area (Å²) in [4.78, 5) is 44.1. The van der Waals surface area contributed by atoms with Crippen molar-refractivity contribution in [1.29, 1.82) is 5.41 Å². The number of allylic oxidation sites excluding steroid dienone is 6. The fraction of sp³-hybridized carbons (Fsp3) is 0.0737. The lowest BCUT2D eigenvalue weighted by Gasteiger charge is -2.36. The van der Waals surface area contributed by atoms with Gasteiger partial charge in [-0.15, -0.1) is 0 Å².